The molecule has 0 amide bonds. The Labute approximate surface area is 123 Å². The fourth-order valence-electron chi connectivity index (χ4n) is 1.85. The average Bonchev–Trinajstić information content (AvgIpc) is 3.09. The van der Waals surface area contributed by atoms with Gasteiger partial charge < -0.3 is 14.9 Å². The van der Waals surface area contributed by atoms with E-state index in [-0.39, 0.29) is 5.76 Å². The fourth-order valence-corrected chi connectivity index (χ4v) is 2.60. The van der Waals surface area contributed by atoms with Crippen molar-refractivity contribution < 1.29 is 13.9 Å². The smallest absolute Gasteiger partial charge is 0.373 e. The molecule has 0 spiro atoms. The lowest BCUT2D eigenvalue weighted by Crippen LogP contribution is -1.97. The van der Waals surface area contributed by atoms with Gasteiger partial charge in [-0.2, -0.15) is 4.98 Å². The lowest BCUT2D eigenvalue weighted by molar-refractivity contribution is 0.0567. The second-order valence-corrected chi connectivity index (χ2v) is 5.21. The number of aromatic amines is 1. The third-order valence-electron chi connectivity index (χ3n) is 2.82. The minimum Gasteiger partial charge on any atom is -0.463 e. The van der Waals surface area contributed by atoms with Crippen molar-refractivity contribution in [1.82, 2.24) is 15.2 Å². The van der Waals surface area contributed by atoms with E-state index in [1.807, 2.05) is 18.2 Å². The molecule has 1 aromatic carbocycles. The number of H-pyrrole nitrogens is 1. The van der Waals surface area contributed by atoms with E-state index in [9.17, 15) is 4.79 Å². The number of rotatable bonds is 4. The van der Waals surface area contributed by atoms with Crippen LogP contribution in [0.15, 0.2) is 33.8 Å². The summed E-state index contributed by atoms with van der Waals surface area (Å²) in [5.74, 6) is 0.689. The van der Waals surface area contributed by atoms with Gasteiger partial charge in [-0.1, -0.05) is 17.8 Å². The van der Waals surface area contributed by atoms with Crippen LogP contribution in [0.2, 0.25) is 0 Å². The number of aromatic nitrogens is 3. The van der Waals surface area contributed by atoms with Gasteiger partial charge in [-0.05, 0) is 23.8 Å². The molecule has 0 aliphatic rings. The Bertz CT molecular complexity index is 796. The highest BCUT2D eigenvalue weighted by atomic mass is 32.2. The van der Waals surface area contributed by atoms with Gasteiger partial charge in [-0.15, -0.1) is 5.10 Å². The molecule has 2 aromatic heterocycles. The molecule has 0 aliphatic carbocycles. The number of furan rings is 1. The van der Waals surface area contributed by atoms with Crippen LogP contribution in [0.3, 0.4) is 0 Å². The van der Waals surface area contributed by atoms with Gasteiger partial charge >= 0.3 is 5.97 Å². The minimum atomic E-state index is -0.488. The molecular weight excluding hydrogens is 292 g/mol. The minimum absolute atomic E-state index is 0.194. The molecule has 0 saturated heterocycles. The van der Waals surface area contributed by atoms with Gasteiger partial charge in [-0.3, -0.25) is 0 Å². The van der Waals surface area contributed by atoms with Crippen LogP contribution in [0.1, 0.15) is 16.1 Å². The van der Waals surface area contributed by atoms with Gasteiger partial charge in [-0.25, -0.2) is 9.89 Å². The van der Waals surface area contributed by atoms with Gasteiger partial charge in [0, 0.05) is 11.1 Å². The first-order valence-electron chi connectivity index (χ1n) is 6.07. The fraction of sp³-hybridized carbons (Fsp3) is 0.154. The molecule has 3 rings (SSSR count). The molecule has 108 valence electrons. The van der Waals surface area contributed by atoms with Crippen molar-refractivity contribution in [1.29, 1.82) is 0 Å². The maximum absolute atomic E-state index is 11.4. The number of thioether (sulfide) groups is 1. The largest absolute Gasteiger partial charge is 0.463 e. The summed E-state index contributed by atoms with van der Waals surface area (Å²) in [6.07, 6.45) is 0. The molecular formula is C13H12N4O3S. The number of nitrogens with zero attached hydrogens (tertiary/aromatic N) is 2. The maximum atomic E-state index is 11.4. The van der Waals surface area contributed by atoms with Crippen molar-refractivity contribution in [3.63, 3.8) is 0 Å². The number of nitrogens with two attached hydrogens (primary N) is 1. The zero-order valence-corrected chi connectivity index (χ0v) is 11.9. The SMILES string of the molecule is COC(=O)c1cc2cc(CSc3n[nH]c(N)n3)ccc2o1. The second-order valence-electron chi connectivity index (χ2n) is 4.27. The first-order valence-corrected chi connectivity index (χ1v) is 7.06. The number of fused-ring (bicyclic) bond motifs is 1. The highest BCUT2D eigenvalue weighted by Crippen LogP contribution is 2.25. The number of methoxy groups -OCH3 is 1. The topological polar surface area (TPSA) is 107 Å². The van der Waals surface area contributed by atoms with Crippen LogP contribution in [-0.2, 0) is 10.5 Å². The Morgan fingerprint density at radius 2 is 2.33 bits per heavy atom. The zero-order chi connectivity index (χ0) is 14.8. The first kappa shape index (κ1) is 13.5. The Morgan fingerprint density at radius 1 is 1.48 bits per heavy atom. The van der Waals surface area contributed by atoms with Crippen LogP contribution in [-0.4, -0.2) is 28.3 Å². The quantitative estimate of drug-likeness (QED) is 0.562. The lowest BCUT2D eigenvalue weighted by Gasteiger charge is -1.98. The molecule has 0 saturated carbocycles. The van der Waals surface area contributed by atoms with Crippen molar-refractivity contribution in [2.24, 2.45) is 0 Å². The number of nitrogens with one attached hydrogen (secondary N) is 1. The van der Waals surface area contributed by atoms with Crippen LogP contribution in [0.25, 0.3) is 11.0 Å². The number of hydrogen-bond donors (Lipinski definition) is 2. The Hall–Kier alpha value is -2.48. The molecule has 21 heavy (non-hydrogen) atoms. The maximum Gasteiger partial charge on any atom is 0.373 e. The third kappa shape index (κ3) is 2.84. The lowest BCUT2D eigenvalue weighted by atomic mass is 10.2. The predicted octanol–water partition coefficient (Wildman–Crippen LogP) is 2.21. The van der Waals surface area contributed by atoms with Crippen molar-refractivity contribution >= 4 is 34.6 Å². The van der Waals surface area contributed by atoms with E-state index in [1.54, 1.807) is 6.07 Å². The number of hydrogen-bond acceptors (Lipinski definition) is 7. The van der Waals surface area contributed by atoms with E-state index < -0.39 is 5.97 Å². The van der Waals surface area contributed by atoms with Gasteiger partial charge in [0.05, 0.1) is 7.11 Å². The summed E-state index contributed by atoms with van der Waals surface area (Å²) in [5, 5.41) is 7.98. The van der Waals surface area contributed by atoms with Gasteiger partial charge in [0.2, 0.25) is 16.9 Å². The van der Waals surface area contributed by atoms with Crippen molar-refractivity contribution in [3.8, 4) is 0 Å². The Balaban J connectivity index is 1.78. The van der Waals surface area contributed by atoms with Gasteiger partial charge in [0.25, 0.3) is 0 Å². The molecule has 8 heteroatoms. The first-order chi connectivity index (χ1) is 10.2. The summed E-state index contributed by atoms with van der Waals surface area (Å²) >= 11 is 1.46. The van der Waals surface area contributed by atoms with Crippen molar-refractivity contribution in [3.05, 3.63) is 35.6 Å². The third-order valence-corrected chi connectivity index (χ3v) is 3.74. The number of nitrogen functional groups attached to an aromatic ring is 1. The molecule has 2 heterocycles. The zero-order valence-electron chi connectivity index (χ0n) is 11.1. The number of carbonyl (C=O) groups excluding carboxylic acids is 1. The van der Waals surface area contributed by atoms with E-state index in [0.717, 1.165) is 10.9 Å². The number of benzene rings is 1. The van der Waals surface area contributed by atoms with E-state index in [1.165, 1.54) is 18.9 Å². The van der Waals surface area contributed by atoms with Gasteiger partial charge in [0.15, 0.2) is 0 Å². The molecule has 0 fully saturated rings. The Morgan fingerprint density at radius 3 is 3.05 bits per heavy atom. The summed E-state index contributed by atoms with van der Waals surface area (Å²) in [4.78, 5) is 15.4. The van der Waals surface area contributed by atoms with Crippen LogP contribution >= 0.6 is 11.8 Å². The Kier molecular flexibility index (Phi) is 3.53. The molecule has 3 aromatic rings. The molecule has 0 atom stereocenters. The normalized spacial score (nSPS) is 10.9. The van der Waals surface area contributed by atoms with Crippen molar-refractivity contribution in [2.45, 2.75) is 10.9 Å². The van der Waals surface area contributed by atoms with Crippen LogP contribution < -0.4 is 5.73 Å². The van der Waals surface area contributed by atoms with E-state index in [4.69, 9.17) is 10.2 Å². The average molecular weight is 304 g/mol. The monoisotopic (exact) mass is 304 g/mol. The van der Waals surface area contributed by atoms with E-state index >= 15 is 0 Å². The molecule has 7 nitrogen and oxygen atoms in total. The van der Waals surface area contributed by atoms with Gasteiger partial charge in [0.1, 0.15) is 5.58 Å². The summed E-state index contributed by atoms with van der Waals surface area (Å²) in [6, 6.07) is 7.37. The van der Waals surface area contributed by atoms with Crippen molar-refractivity contribution in [2.75, 3.05) is 12.8 Å². The molecule has 0 bridgehead atoms. The highest BCUT2D eigenvalue weighted by molar-refractivity contribution is 7.98. The summed E-state index contributed by atoms with van der Waals surface area (Å²) in [7, 11) is 1.32. The van der Waals surface area contributed by atoms with Crippen LogP contribution in [0, 0.1) is 0 Å². The summed E-state index contributed by atoms with van der Waals surface area (Å²) < 4.78 is 10.0. The summed E-state index contributed by atoms with van der Waals surface area (Å²) in [6.45, 7) is 0. The standard InChI is InChI=1S/C13H12N4O3S/c1-19-11(18)10-5-8-4-7(2-3-9(8)20-10)6-21-13-15-12(14)16-17-13/h2-5H,6H2,1H3,(H3,14,15,16,17). The number of esters is 1. The number of ether oxygens (including phenoxy) is 1. The van der Waals surface area contributed by atoms with Crippen LogP contribution in [0.5, 0.6) is 0 Å². The second kappa shape index (κ2) is 5.49. The summed E-state index contributed by atoms with van der Waals surface area (Å²) in [5.41, 5.74) is 7.18. The molecule has 0 radical (unpaired) electrons. The highest BCUT2D eigenvalue weighted by Gasteiger charge is 2.12. The molecule has 3 N–H and O–H groups in total. The molecule has 0 unspecified atom stereocenters. The van der Waals surface area contributed by atoms with E-state index in [0.29, 0.717) is 22.4 Å². The van der Waals surface area contributed by atoms with E-state index in [2.05, 4.69) is 19.9 Å². The number of carbonyl (C=O) groups is 1. The molecule has 0 aliphatic heterocycles. The van der Waals surface area contributed by atoms with Crippen LogP contribution in [0.4, 0.5) is 5.95 Å². The predicted molar refractivity (Wildman–Crippen MR) is 77.9 cm³/mol. The number of anilines is 1.